The smallest absolute Gasteiger partial charge is 0.310 e. The van der Waals surface area contributed by atoms with Crippen LogP contribution in [0.5, 0.6) is 0 Å². The van der Waals surface area contributed by atoms with E-state index in [0.29, 0.717) is 19.0 Å². The fourth-order valence-electron chi connectivity index (χ4n) is 2.19. The fourth-order valence-corrected chi connectivity index (χ4v) is 2.19. The molecule has 0 aliphatic carbocycles. The van der Waals surface area contributed by atoms with Crippen LogP contribution in [0.2, 0.25) is 0 Å². The largest absolute Gasteiger partial charge is 0.481 e. The zero-order chi connectivity index (χ0) is 12.3. The molecular weight excluding hydrogens is 204 g/mol. The second-order valence-corrected chi connectivity index (χ2v) is 5.30. The first-order valence-corrected chi connectivity index (χ1v) is 6.05. The Hall–Kier alpha value is -0.610. The van der Waals surface area contributed by atoms with Gasteiger partial charge in [-0.3, -0.25) is 9.69 Å². The lowest BCUT2D eigenvalue weighted by Gasteiger charge is -2.41. The minimum absolute atomic E-state index is 0.448. The first-order chi connectivity index (χ1) is 7.39. The Balaban J connectivity index is 2.62. The van der Waals surface area contributed by atoms with Crippen LogP contribution in [0.1, 0.15) is 27.2 Å². The van der Waals surface area contributed by atoms with Gasteiger partial charge in [-0.05, 0) is 27.3 Å². The third-order valence-electron chi connectivity index (χ3n) is 3.82. The monoisotopic (exact) mass is 228 g/mol. The van der Waals surface area contributed by atoms with Gasteiger partial charge in [0.15, 0.2) is 0 Å². The van der Waals surface area contributed by atoms with Crippen molar-refractivity contribution in [1.29, 1.82) is 0 Å². The summed E-state index contributed by atoms with van der Waals surface area (Å²) in [4.78, 5) is 15.9. The molecule has 0 aromatic carbocycles. The van der Waals surface area contributed by atoms with Gasteiger partial charge in [-0.25, -0.2) is 0 Å². The Kier molecular flexibility index (Phi) is 4.33. The summed E-state index contributed by atoms with van der Waals surface area (Å²) in [5, 5.41) is 9.26. The third kappa shape index (κ3) is 2.95. The molecule has 4 nitrogen and oxygen atoms in total. The Morgan fingerprint density at radius 2 is 2.12 bits per heavy atom. The minimum Gasteiger partial charge on any atom is -0.481 e. The number of hydrogen-bond acceptors (Lipinski definition) is 3. The Labute approximate surface area is 98.2 Å². The summed E-state index contributed by atoms with van der Waals surface area (Å²) in [6.07, 6.45) is 0.682. The van der Waals surface area contributed by atoms with Crippen molar-refractivity contribution in [1.82, 2.24) is 9.80 Å². The second kappa shape index (κ2) is 5.15. The number of hydrogen-bond donors (Lipinski definition) is 1. The van der Waals surface area contributed by atoms with Gasteiger partial charge >= 0.3 is 5.97 Å². The Bertz CT molecular complexity index is 257. The molecule has 4 heteroatoms. The van der Waals surface area contributed by atoms with Gasteiger partial charge in [0.05, 0.1) is 5.41 Å². The molecule has 0 radical (unpaired) electrons. The van der Waals surface area contributed by atoms with Crippen molar-refractivity contribution >= 4 is 5.97 Å². The molecule has 0 bridgehead atoms. The van der Waals surface area contributed by atoms with Crippen molar-refractivity contribution < 1.29 is 9.90 Å². The summed E-state index contributed by atoms with van der Waals surface area (Å²) >= 11 is 0. The molecule has 0 aromatic heterocycles. The molecule has 0 amide bonds. The lowest BCUT2D eigenvalue weighted by molar-refractivity contribution is -0.150. The SMILES string of the molecule is CCC(C)(CN1CCN(C)CC1C)C(=O)O. The first-order valence-electron chi connectivity index (χ1n) is 6.05. The molecule has 0 spiro atoms. The molecule has 1 fully saturated rings. The Morgan fingerprint density at radius 3 is 2.56 bits per heavy atom. The van der Waals surface area contributed by atoms with E-state index in [9.17, 15) is 9.90 Å². The van der Waals surface area contributed by atoms with Gasteiger partial charge in [-0.1, -0.05) is 6.92 Å². The number of aliphatic carboxylic acids is 1. The van der Waals surface area contributed by atoms with Crippen molar-refractivity contribution in [2.24, 2.45) is 5.41 Å². The number of carboxylic acids is 1. The molecule has 2 unspecified atom stereocenters. The molecule has 1 heterocycles. The predicted octanol–water partition coefficient (Wildman–Crippen LogP) is 1.12. The average Bonchev–Trinajstić information content (AvgIpc) is 2.22. The van der Waals surface area contributed by atoms with Crippen LogP contribution in [0.3, 0.4) is 0 Å². The number of carboxylic acid groups (broad SMARTS) is 1. The van der Waals surface area contributed by atoms with Crippen molar-refractivity contribution in [2.75, 3.05) is 33.2 Å². The van der Waals surface area contributed by atoms with Crippen LogP contribution in [0, 0.1) is 5.41 Å². The van der Waals surface area contributed by atoms with Crippen LogP contribution in [0.4, 0.5) is 0 Å². The fraction of sp³-hybridized carbons (Fsp3) is 0.917. The molecule has 16 heavy (non-hydrogen) atoms. The summed E-state index contributed by atoms with van der Waals surface area (Å²) in [6.45, 7) is 9.67. The highest BCUT2D eigenvalue weighted by Gasteiger charge is 2.35. The van der Waals surface area contributed by atoms with E-state index in [2.05, 4.69) is 23.8 Å². The Morgan fingerprint density at radius 1 is 1.50 bits per heavy atom. The molecular formula is C12H24N2O2. The summed E-state index contributed by atoms with van der Waals surface area (Å²) in [7, 11) is 2.12. The maximum atomic E-state index is 11.3. The number of likely N-dealkylation sites (N-methyl/N-ethyl adjacent to an activating group) is 1. The number of carbonyl (C=O) groups is 1. The highest BCUT2D eigenvalue weighted by atomic mass is 16.4. The van der Waals surface area contributed by atoms with Crippen molar-refractivity contribution in [3.8, 4) is 0 Å². The van der Waals surface area contributed by atoms with E-state index in [-0.39, 0.29) is 0 Å². The maximum absolute atomic E-state index is 11.3. The molecule has 1 saturated heterocycles. The summed E-state index contributed by atoms with van der Waals surface area (Å²) < 4.78 is 0. The highest BCUT2D eigenvalue weighted by Crippen LogP contribution is 2.24. The van der Waals surface area contributed by atoms with Crippen molar-refractivity contribution in [2.45, 2.75) is 33.2 Å². The molecule has 1 rings (SSSR count). The van der Waals surface area contributed by atoms with E-state index >= 15 is 0 Å². The van der Waals surface area contributed by atoms with Gasteiger partial charge in [0.1, 0.15) is 0 Å². The normalized spacial score (nSPS) is 27.6. The molecule has 0 saturated carbocycles. The minimum atomic E-state index is -0.680. The predicted molar refractivity (Wildman–Crippen MR) is 64.6 cm³/mol. The standard InChI is InChI=1S/C12H24N2O2/c1-5-12(3,11(15)16)9-14-7-6-13(4)8-10(14)2/h10H,5-9H2,1-4H3,(H,15,16). The van der Waals surface area contributed by atoms with Crippen LogP contribution < -0.4 is 0 Å². The lowest BCUT2D eigenvalue weighted by atomic mass is 9.86. The lowest BCUT2D eigenvalue weighted by Crippen LogP contribution is -2.54. The van der Waals surface area contributed by atoms with Gasteiger partial charge in [-0.2, -0.15) is 0 Å². The van der Waals surface area contributed by atoms with E-state index < -0.39 is 11.4 Å². The molecule has 2 atom stereocenters. The van der Waals surface area contributed by atoms with Gasteiger partial charge in [0.2, 0.25) is 0 Å². The number of nitrogens with zero attached hydrogens (tertiary/aromatic N) is 2. The van der Waals surface area contributed by atoms with Crippen molar-refractivity contribution in [3.63, 3.8) is 0 Å². The third-order valence-corrected chi connectivity index (χ3v) is 3.82. The van der Waals surface area contributed by atoms with Crippen LogP contribution in [-0.4, -0.2) is 60.1 Å². The molecule has 94 valence electrons. The summed E-state index contributed by atoms with van der Waals surface area (Å²) in [6, 6.07) is 0.448. The zero-order valence-electron chi connectivity index (χ0n) is 10.9. The van der Waals surface area contributed by atoms with E-state index in [0.717, 1.165) is 19.6 Å². The molecule has 0 aromatic rings. The van der Waals surface area contributed by atoms with E-state index in [1.54, 1.807) is 0 Å². The second-order valence-electron chi connectivity index (χ2n) is 5.30. The zero-order valence-corrected chi connectivity index (χ0v) is 10.9. The molecule has 1 aliphatic heterocycles. The number of piperazine rings is 1. The van der Waals surface area contributed by atoms with Crippen molar-refractivity contribution in [3.05, 3.63) is 0 Å². The summed E-state index contributed by atoms with van der Waals surface area (Å²) in [5.74, 6) is -0.680. The van der Waals surface area contributed by atoms with Gasteiger partial charge in [0, 0.05) is 32.2 Å². The maximum Gasteiger partial charge on any atom is 0.310 e. The van der Waals surface area contributed by atoms with Gasteiger partial charge in [-0.15, -0.1) is 0 Å². The molecule has 1 aliphatic rings. The van der Waals surface area contributed by atoms with Crippen LogP contribution in [-0.2, 0) is 4.79 Å². The first kappa shape index (κ1) is 13.5. The van der Waals surface area contributed by atoms with E-state index in [4.69, 9.17) is 0 Å². The molecule has 1 N–H and O–H groups in total. The van der Waals surface area contributed by atoms with Gasteiger partial charge < -0.3 is 10.0 Å². The topological polar surface area (TPSA) is 43.8 Å². The quantitative estimate of drug-likeness (QED) is 0.783. The average molecular weight is 228 g/mol. The van der Waals surface area contributed by atoms with Crippen LogP contribution in [0.15, 0.2) is 0 Å². The van der Waals surface area contributed by atoms with E-state index in [1.165, 1.54) is 0 Å². The highest BCUT2D eigenvalue weighted by molar-refractivity contribution is 5.74. The summed E-state index contributed by atoms with van der Waals surface area (Å²) in [5.41, 5.74) is -0.607. The van der Waals surface area contributed by atoms with Crippen LogP contribution in [0.25, 0.3) is 0 Å². The van der Waals surface area contributed by atoms with E-state index in [1.807, 2.05) is 13.8 Å². The van der Waals surface area contributed by atoms with Gasteiger partial charge in [0.25, 0.3) is 0 Å². The number of rotatable bonds is 4. The van der Waals surface area contributed by atoms with Crippen LogP contribution >= 0.6 is 0 Å².